The van der Waals surface area contributed by atoms with Gasteiger partial charge in [-0.25, -0.2) is 0 Å². The number of aromatic nitrogens is 2. The van der Waals surface area contributed by atoms with Crippen molar-refractivity contribution in [3.8, 4) is 0 Å². The summed E-state index contributed by atoms with van der Waals surface area (Å²) in [5, 5.41) is 12.1. The second kappa shape index (κ2) is 3.39. The molecule has 1 atom stereocenters. The molecule has 1 aromatic heterocycles. The van der Waals surface area contributed by atoms with Gasteiger partial charge in [0, 0.05) is 6.04 Å². The van der Waals surface area contributed by atoms with Crippen molar-refractivity contribution in [3.05, 3.63) is 5.51 Å². The van der Waals surface area contributed by atoms with Crippen LogP contribution in [0.1, 0.15) is 26.2 Å². The van der Waals surface area contributed by atoms with E-state index in [-0.39, 0.29) is 0 Å². The molecule has 0 aromatic carbocycles. The van der Waals surface area contributed by atoms with Gasteiger partial charge in [-0.15, -0.1) is 10.2 Å². The van der Waals surface area contributed by atoms with E-state index in [1.807, 2.05) is 0 Å². The molecule has 1 saturated carbocycles. The summed E-state index contributed by atoms with van der Waals surface area (Å²) in [5.74, 6) is 0.855. The van der Waals surface area contributed by atoms with E-state index < -0.39 is 0 Å². The first-order chi connectivity index (χ1) is 5.86. The van der Waals surface area contributed by atoms with Gasteiger partial charge in [-0.1, -0.05) is 17.8 Å². The highest BCUT2D eigenvalue weighted by atomic mass is 32.1. The molecule has 0 saturated heterocycles. The first-order valence-electron chi connectivity index (χ1n) is 4.39. The Balaban J connectivity index is 1.86. The van der Waals surface area contributed by atoms with E-state index in [0.29, 0.717) is 6.04 Å². The van der Waals surface area contributed by atoms with Crippen molar-refractivity contribution in [2.24, 2.45) is 5.92 Å². The summed E-state index contributed by atoms with van der Waals surface area (Å²) in [6.07, 6.45) is 4.13. The SMILES string of the molecule is CC(Nc1nncs1)C1CCC1. The van der Waals surface area contributed by atoms with Gasteiger partial charge < -0.3 is 5.32 Å². The minimum Gasteiger partial charge on any atom is -0.357 e. The zero-order valence-electron chi connectivity index (χ0n) is 7.16. The Bertz CT molecular complexity index is 230. The highest BCUT2D eigenvalue weighted by Crippen LogP contribution is 2.31. The fourth-order valence-electron chi connectivity index (χ4n) is 1.49. The third kappa shape index (κ3) is 1.58. The molecule has 0 amide bonds. The molecule has 1 heterocycles. The third-order valence-corrected chi connectivity index (χ3v) is 3.19. The van der Waals surface area contributed by atoms with Gasteiger partial charge in [0.15, 0.2) is 0 Å². The van der Waals surface area contributed by atoms with Gasteiger partial charge in [-0.05, 0) is 25.7 Å². The quantitative estimate of drug-likeness (QED) is 0.780. The fourth-order valence-corrected chi connectivity index (χ4v) is 2.03. The summed E-state index contributed by atoms with van der Waals surface area (Å²) in [4.78, 5) is 0. The zero-order chi connectivity index (χ0) is 8.39. The lowest BCUT2D eigenvalue weighted by atomic mass is 9.80. The summed E-state index contributed by atoms with van der Waals surface area (Å²) in [6.45, 7) is 2.23. The van der Waals surface area contributed by atoms with E-state index in [1.54, 1.807) is 16.8 Å². The maximum atomic E-state index is 3.95. The lowest BCUT2D eigenvalue weighted by Gasteiger charge is -2.31. The van der Waals surface area contributed by atoms with E-state index >= 15 is 0 Å². The summed E-state index contributed by atoms with van der Waals surface area (Å²) in [7, 11) is 0. The van der Waals surface area contributed by atoms with E-state index in [0.717, 1.165) is 11.0 Å². The molecule has 4 heteroatoms. The number of hydrogen-bond donors (Lipinski definition) is 1. The Kier molecular flexibility index (Phi) is 2.26. The number of hydrogen-bond acceptors (Lipinski definition) is 4. The highest BCUT2D eigenvalue weighted by Gasteiger charge is 2.23. The standard InChI is InChI=1S/C8H13N3S/c1-6(7-3-2-4-7)10-8-11-9-5-12-8/h5-7H,2-4H2,1H3,(H,10,11). The maximum absolute atomic E-state index is 3.95. The van der Waals surface area contributed by atoms with Crippen molar-refractivity contribution in [2.75, 3.05) is 5.32 Å². The molecule has 0 bridgehead atoms. The number of nitrogens with one attached hydrogen (secondary N) is 1. The first kappa shape index (κ1) is 7.98. The molecule has 0 aliphatic heterocycles. The smallest absolute Gasteiger partial charge is 0.205 e. The Morgan fingerprint density at radius 2 is 2.50 bits per heavy atom. The topological polar surface area (TPSA) is 37.8 Å². The zero-order valence-corrected chi connectivity index (χ0v) is 7.97. The van der Waals surface area contributed by atoms with Crippen molar-refractivity contribution >= 4 is 16.5 Å². The lowest BCUT2D eigenvalue weighted by molar-refractivity contribution is 0.285. The van der Waals surface area contributed by atoms with Crippen molar-refractivity contribution in [3.63, 3.8) is 0 Å². The van der Waals surface area contributed by atoms with Crippen LogP contribution in [0.5, 0.6) is 0 Å². The maximum Gasteiger partial charge on any atom is 0.205 e. The normalized spacial score (nSPS) is 20.1. The first-order valence-corrected chi connectivity index (χ1v) is 5.27. The van der Waals surface area contributed by atoms with Gasteiger partial charge in [0.1, 0.15) is 5.51 Å². The van der Waals surface area contributed by atoms with Crippen LogP contribution in [0.15, 0.2) is 5.51 Å². The van der Waals surface area contributed by atoms with Crippen LogP contribution in [-0.4, -0.2) is 16.2 Å². The van der Waals surface area contributed by atoms with Gasteiger partial charge in [-0.2, -0.15) is 0 Å². The minimum atomic E-state index is 0.562. The largest absolute Gasteiger partial charge is 0.357 e. The molecular formula is C8H13N3S. The molecule has 1 N–H and O–H groups in total. The van der Waals surface area contributed by atoms with Crippen molar-refractivity contribution in [2.45, 2.75) is 32.2 Å². The van der Waals surface area contributed by atoms with Gasteiger partial charge in [0.25, 0.3) is 0 Å². The third-order valence-electron chi connectivity index (χ3n) is 2.57. The number of rotatable bonds is 3. The highest BCUT2D eigenvalue weighted by molar-refractivity contribution is 7.13. The van der Waals surface area contributed by atoms with Gasteiger partial charge in [0.2, 0.25) is 5.13 Å². The lowest BCUT2D eigenvalue weighted by Crippen LogP contribution is -2.30. The molecule has 66 valence electrons. The number of anilines is 1. The molecule has 1 fully saturated rings. The molecule has 12 heavy (non-hydrogen) atoms. The van der Waals surface area contributed by atoms with Crippen LogP contribution in [0, 0.1) is 5.92 Å². The van der Waals surface area contributed by atoms with Crippen LogP contribution in [0.2, 0.25) is 0 Å². The predicted octanol–water partition coefficient (Wildman–Crippen LogP) is 2.14. The molecule has 0 spiro atoms. The van der Waals surface area contributed by atoms with E-state index in [2.05, 4.69) is 22.4 Å². The summed E-state index contributed by atoms with van der Waals surface area (Å²) in [6, 6.07) is 0.562. The van der Waals surface area contributed by atoms with Gasteiger partial charge >= 0.3 is 0 Å². The molecule has 1 aliphatic carbocycles. The minimum absolute atomic E-state index is 0.562. The van der Waals surface area contributed by atoms with Gasteiger partial charge in [0.05, 0.1) is 0 Å². The van der Waals surface area contributed by atoms with Crippen LogP contribution in [-0.2, 0) is 0 Å². The predicted molar refractivity (Wildman–Crippen MR) is 50.3 cm³/mol. The monoisotopic (exact) mass is 183 g/mol. The van der Waals surface area contributed by atoms with E-state index in [4.69, 9.17) is 0 Å². The fraction of sp³-hybridized carbons (Fsp3) is 0.750. The molecule has 1 unspecified atom stereocenters. The summed E-state index contributed by atoms with van der Waals surface area (Å²) < 4.78 is 0. The van der Waals surface area contributed by atoms with Crippen molar-refractivity contribution < 1.29 is 0 Å². The second-order valence-corrected chi connectivity index (χ2v) is 4.20. The summed E-state index contributed by atoms with van der Waals surface area (Å²) >= 11 is 1.57. The summed E-state index contributed by atoms with van der Waals surface area (Å²) in [5.41, 5.74) is 1.76. The number of nitrogens with zero attached hydrogens (tertiary/aromatic N) is 2. The Labute approximate surface area is 76.2 Å². The van der Waals surface area contributed by atoms with E-state index in [1.165, 1.54) is 19.3 Å². The van der Waals surface area contributed by atoms with Crippen molar-refractivity contribution in [1.82, 2.24) is 10.2 Å². The average Bonchev–Trinajstić information content (AvgIpc) is 2.34. The second-order valence-electron chi connectivity index (χ2n) is 3.37. The molecule has 3 nitrogen and oxygen atoms in total. The van der Waals surface area contributed by atoms with Crippen LogP contribution in [0.3, 0.4) is 0 Å². The van der Waals surface area contributed by atoms with Crippen molar-refractivity contribution in [1.29, 1.82) is 0 Å². The molecular weight excluding hydrogens is 170 g/mol. The van der Waals surface area contributed by atoms with Crippen LogP contribution >= 0.6 is 11.3 Å². The Morgan fingerprint density at radius 1 is 1.67 bits per heavy atom. The average molecular weight is 183 g/mol. The Hall–Kier alpha value is -0.640. The van der Waals surface area contributed by atoms with Crippen LogP contribution in [0.4, 0.5) is 5.13 Å². The van der Waals surface area contributed by atoms with Crippen LogP contribution in [0.25, 0.3) is 0 Å². The Morgan fingerprint density at radius 3 is 3.00 bits per heavy atom. The molecule has 1 aromatic rings. The van der Waals surface area contributed by atoms with E-state index in [9.17, 15) is 0 Å². The van der Waals surface area contributed by atoms with Gasteiger partial charge in [-0.3, -0.25) is 0 Å². The van der Waals surface area contributed by atoms with Crippen LogP contribution < -0.4 is 5.32 Å². The molecule has 2 rings (SSSR count). The molecule has 1 aliphatic rings. The molecule has 0 radical (unpaired) electrons.